The van der Waals surface area contributed by atoms with Gasteiger partial charge < -0.3 is 24.6 Å². The van der Waals surface area contributed by atoms with Crippen LogP contribution in [-0.2, 0) is 30.4 Å². The number of rotatable bonds is 6. The number of halogens is 6. The van der Waals surface area contributed by atoms with Gasteiger partial charge in [0.2, 0.25) is 0 Å². The highest BCUT2D eigenvalue weighted by Gasteiger charge is 2.42. The second kappa shape index (κ2) is 14.8. The molecule has 3 rings (SSSR count). The van der Waals surface area contributed by atoms with Crippen molar-refractivity contribution in [3.63, 3.8) is 0 Å². The van der Waals surface area contributed by atoms with Gasteiger partial charge in [0.15, 0.2) is 0 Å². The highest BCUT2D eigenvalue weighted by Crippen LogP contribution is 2.34. The number of carboxylic acid groups (broad SMARTS) is 2. The molecule has 1 aromatic heterocycles. The first-order chi connectivity index (χ1) is 17.6. The maximum atomic E-state index is 12.7. The average molecular weight is 561 g/mol. The minimum absolute atomic E-state index is 0.0681. The minimum atomic E-state index is -5.08. The highest BCUT2D eigenvalue weighted by atomic mass is 19.4. The number of carbonyl (C=O) groups is 3. The second-order valence-electron chi connectivity index (χ2n) is 8.36. The van der Waals surface area contributed by atoms with Crippen molar-refractivity contribution in [1.29, 1.82) is 0 Å². The predicted octanol–water partition coefficient (Wildman–Crippen LogP) is 2.43. The number of carboxylic acids is 2. The molecule has 2 aliphatic heterocycles. The molecule has 2 N–H and O–H groups in total. The van der Waals surface area contributed by atoms with Gasteiger partial charge in [0.1, 0.15) is 6.10 Å². The van der Waals surface area contributed by atoms with E-state index in [1.54, 1.807) is 18.2 Å². The summed E-state index contributed by atoms with van der Waals surface area (Å²) in [7, 11) is 3.55. The summed E-state index contributed by atoms with van der Waals surface area (Å²) in [5, 5.41) is 14.2. The smallest absolute Gasteiger partial charge is 0.475 e. The SMILES string of the molecule is COCCN1CC[C@H]2C[C@@H](C(=O)N(C)Cc3ccccn3)O[C@H]2C1.O=C(O)C(F)(F)F.O=C(O)C(F)(F)F. The summed E-state index contributed by atoms with van der Waals surface area (Å²) in [6.45, 7) is 4.17. The zero-order valence-electron chi connectivity index (χ0n) is 20.5. The summed E-state index contributed by atoms with van der Waals surface area (Å²) in [5.74, 6) is -4.94. The van der Waals surface area contributed by atoms with Crippen molar-refractivity contribution in [3.05, 3.63) is 30.1 Å². The fourth-order valence-corrected chi connectivity index (χ4v) is 3.64. The first-order valence-corrected chi connectivity index (χ1v) is 11.2. The lowest BCUT2D eigenvalue weighted by Gasteiger charge is -2.33. The number of ether oxygens (including phenoxy) is 2. The van der Waals surface area contributed by atoms with Crippen molar-refractivity contribution in [1.82, 2.24) is 14.8 Å². The molecule has 2 saturated heterocycles. The number of fused-ring (bicyclic) bond motifs is 1. The van der Waals surface area contributed by atoms with Crippen LogP contribution < -0.4 is 0 Å². The fraction of sp³-hybridized carbons (Fsp3) is 0.636. The van der Waals surface area contributed by atoms with Gasteiger partial charge in [-0.3, -0.25) is 14.7 Å². The van der Waals surface area contributed by atoms with E-state index in [2.05, 4.69) is 9.88 Å². The van der Waals surface area contributed by atoms with Crippen molar-refractivity contribution in [2.75, 3.05) is 40.4 Å². The lowest BCUT2D eigenvalue weighted by molar-refractivity contribution is -0.193. The van der Waals surface area contributed by atoms with Crippen molar-refractivity contribution in [3.8, 4) is 0 Å². The molecule has 2 aliphatic rings. The van der Waals surface area contributed by atoms with E-state index in [0.29, 0.717) is 12.5 Å². The van der Waals surface area contributed by atoms with E-state index in [0.717, 1.165) is 44.8 Å². The van der Waals surface area contributed by atoms with Gasteiger partial charge in [0.25, 0.3) is 5.91 Å². The number of methoxy groups -OCH3 is 1. The van der Waals surface area contributed by atoms with Crippen LogP contribution in [0.2, 0.25) is 0 Å². The fourth-order valence-electron chi connectivity index (χ4n) is 3.64. The number of pyridine rings is 1. The molecule has 2 fully saturated rings. The number of likely N-dealkylation sites (tertiary alicyclic amines) is 1. The molecule has 16 heteroatoms. The maximum absolute atomic E-state index is 12.7. The molecule has 0 unspecified atom stereocenters. The average Bonchev–Trinajstić information content (AvgIpc) is 3.26. The van der Waals surface area contributed by atoms with E-state index in [1.165, 1.54) is 0 Å². The Morgan fingerprint density at radius 1 is 1.13 bits per heavy atom. The molecule has 1 aromatic rings. The van der Waals surface area contributed by atoms with E-state index < -0.39 is 24.3 Å². The number of aliphatic carboxylic acids is 2. The monoisotopic (exact) mass is 561 g/mol. The number of hydrogen-bond donors (Lipinski definition) is 2. The Morgan fingerprint density at radius 3 is 2.18 bits per heavy atom. The Kier molecular flexibility index (Phi) is 12.9. The molecule has 0 radical (unpaired) electrons. The Hall–Kier alpha value is -2.98. The summed E-state index contributed by atoms with van der Waals surface area (Å²) in [4.78, 5) is 38.9. The predicted molar refractivity (Wildman–Crippen MR) is 118 cm³/mol. The van der Waals surface area contributed by atoms with Gasteiger partial charge in [-0.2, -0.15) is 26.3 Å². The molecular formula is C22H29F6N3O7. The third-order valence-electron chi connectivity index (χ3n) is 5.51. The Morgan fingerprint density at radius 2 is 1.71 bits per heavy atom. The molecule has 10 nitrogen and oxygen atoms in total. The van der Waals surface area contributed by atoms with E-state index in [9.17, 15) is 31.1 Å². The Bertz CT molecular complexity index is 878. The van der Waals surface area contributed by atoms with Crippen LogP contribution in [0.1, 0.15) is 18.5 Å². The van der Waals surface area contributed by atoms with Crippen LogP contribution in [0.15, 0.2) is 24.4 Å². The largest absolute Gasteiger partial charge is 0.490 e. The number of nitrogens with zero attached hydrogens (tertiary/aromatic N) is 3. The van der Waals surface area contributed by atoms with Crippen LogP contribution in [0.3, 0.4) is 0 Å². The molecule has 0 aliphatic carbocycles. The van der Waals surface area contributed by atoms with Gasteiger partial charge in [-0.1, -0.05) is 6.07 Å². The van der Waals surface area contributed by atoms with E-state index >= 15 is 0 Å². The summed E-state index contributed by atoms with van der Waals surface area (Å²) >= 11 is 0. The summed E-state index contributed by atoms with van der Waals surface area (Å²) in [5.41, 5.74) is 0.898. The molecule has 3 atom stereocenters. The zero-order chi connectivity index (χ0) is 29.1. The number of aromatic nitrogens is 1. The molecule has 0 bridgehead atoms. The summed E-state index contributed by atoms with van der Waals surface area (Å²) in [6, 6.07) is 5.76. The normalized spacial score (nSPS) is 21.2. The number of piperidine rings is 1. The minimum Gasteiger partial charge on any atom is -0.475 e. The molecule has 0 saturated carbocycles. The molecule has 1 amide bonds. The lowest BCUT2D eigenvalue weighted by atomic mass is 9.91. The van der Waals surface area contributed by atoms with Gasteiger partial charge in [0.05, 0.1) is 24.9 Å². The van der Waals surface area contributed by atoms with E-state index in [1.807, 2.05) is 25.2 Å². The van der Waals surface area contributed by atoms with E-state index in [4.69, 9.17) is 29.3 Å². The van der Waals surface area contributed by atoms with Crippen LogP contribution in [0.4, 0.5) is 26.3 Å². The number of carbonyl (C=O) groups excluding carboxylic acids is 1. The van der Waals surface area contributed by atoms with Gasteiger partial charge in [-0.25, -0.2) is 9.59 Å². The third-order valence-corrected chi connectivity index (χ3v) is 5.51. The first kappa shape index (κ1) is 33.0. The maximum Gasteiger partial charge on any atom is 0.490 e. The van der Waals surface area contributed by atoms with Crippen LogP contribution >= 0.6 is 0 Å². The van der Waals surface area contributed by atoms with Crippen LogP contribution in [0, 0.1) is 5.92 Å². The second-order valence-corrected chi connectivity index (χ2v) is 8.36. The standard InChI is InChI=1S/C18H27N3O3.2C2HF3O2/c1-20(12-15-5-3-4-7-19-15)18(22)16-11-14-6-8-21(9-10-23-2)13-17(14)24-16;2*3-2(4,5)1(6)7/h3-5,7,14,16-17H,6,8-13H2,1-2H3;2*(H,6,7)/t14-,16-,17-;;/m0../s1. The van der Waals surface area contributed by atoms with Crippen LogP contribution in [-0.4, -0.2) is 108 Å². The number of amides is 1. The molecular weight excluding hydrogens is 532 g/mol. The van der Waals surface area contributed by atoms with E-state index in [-0.39, 0.29) is 18.1 Å². The molecule has 216 valence electrons. The van der Waals surface area contributed by atoms with Crippen molar-refractivity contribution in [2.24, 2.45) is 5.92 Å². The topological polar surface area (TPSA) is 130 Å². The molecule has 38 heavy (non-hydrogen) atoms. The Labute approximate surface area is 214 Å². The lowest BCUT2D eigenvalue weighted by Crippen LogP contribution is -2.43. The number of hydrogen-bond acceptors (Lipinski definition) is 7. The first-order valence-electron chi connectivity index (χ1n) is 11.2. The molecule has 0 aromatic carbocycles. The quantitative estimate of drug-likeness (QED) is 0.503. The summed E-state index contributed by atoms with van der Waals surface area (Å²) < 4.78 is 74.7. The Balaban J connectivity index is 0.000000426. The van der Waals surface area contributed by atoms with Gasteiger partial charge in [0, 0.05) is 33.4 Å². The van der Waals surface area contributed by atoms with Crippen LogP contribution in [0.25, 0.3) is 0 Å². The summed E-state index contributed by atoms with van der Waals surface area (Å²) in [6.07, 6.45) is -6.61. The van der Waals surface area contributed by atoms with Gasteiger partial charge in [-0.15, -0.1) is 0 Å². The van der Waals surface area contributed by atoms with Crippen molar-refractivity contribution in [2.45, 2.75) is 43.9 Å². The third kappa shape index (κ3) is 11.6. The van der Waals surface area contributed by atoms with Gasteiger partial charge in [-0.05, 0) is 37.4 Å². The highest BCUT2D eigenvalue weighted by molar-refractivity contribution is 5.81. The number of likely N-dealkylation sites (N-methyl/N-ethyl adjacent to an activating group) is 1. The zero-order valence-corrected chi connectivity index (χ0v) is 20.5. The number of alkyl halides is 6. The van der Waals surface area contributed by atoms with Crippen molar-refractivity contribution < 1.29 is 60.4 Å². The van der Waals surface area contributed by atoms with Gasteiger partial charge >= 0.3 is 24.3 Å². The van der Waals surface area contributed by atoms with Crippen molar-refractivity contribution >= 4 is 17.8 Å². The molecule has 3 heterocycles. The molecule has 0 spiro atoms. The van der Waals surface area contributed by atoms with Crippen LogP contribution in [0.5, 0.6) is 0 Å².